The molecular formula is C16H15FN4. The second-order valence-corrected chi connectivity index (χ2v) is 4.77. The smallest absolute Gasteiger partial charge is 0.138 e. The van der Waals surface area contributed by atoms with Crippen molar-refractivity contribution in [2.45, 2.75) is 13.0 Å². The van der Waals surface area contributed by atoms with Crippen molar-refractivity contribution in [3.63, 3.8) is 0 Å². The van der Waals surface area contributed by atoms with E-state index in [1.807, 2.05) is 31.2 Å². The minimum absolute atomic E-state index is 0.0512. The molecule has 1 atom stereocenters. The third-order valence-electron chi connectivity index (χ3n) is 3.31. The van der Waals surface area contributed by atoms with E-state index in [-0.39, 0.29) is 11.9 Å². The first-order chi connectivity index (χ1) is 10.2. The first-order valence-electron chi connectivity index (χ1n) is 6.70. The molecule has 4 nitrogen and oxygen atoms in total. The molecule has 106 valence electrons. The number of rotatable bonds is 4. The van der Waals surface area contributed by atoms with Crippen LogP contribution >= 0.6 is 0 Å². The summed E-state index contributed by atoms with van der Waals surface area (Å²) in [5.41, 5.74) is 2.88. The summed E-state index contributed by atoms with van der Waals surface area (Å²) in [5, 5.41) is 7.58. The highest BCUT2D eigenvalue weighted by Crippen LogP contribution is 2.24. The number of hydrogen-bond donors (Lipinski definition) is 1. The van der Waals surface area contributed by atoms with Gasteiger partial charge < -0.3 is 5.32 Å². The summed E-state index contributed by atoms with van der Waals surface area (Å²) in [6, 6.07) is 14.4. The standard InChI is InChI=1S/C16H15FN4/c1-12(13-6-8-14(17)9-7-13)20-15-4-2-3-5-16(15)21-11-18-10-19-21/h2-12,20H,1H3. The van der Waals surface area contributed by atoms with Crippen molar-refractivity contribution >= 4 is 5.69 Å². The normalized spacial score (nSPS) is 12.1. The predicted octanol–water partition coefficient (Wildman–Crippen LogP) is 3.58. The molecule has 1 heterocycles. The number of aromatic nitrogens is 3. The highest BCUT2D eigenvalue weighted by molar-refractivity contribution is 5.61. The molecule has 0 bridgehead atoms. The Hall–Kier alpha value is -2.69. The van der Waals surface area contributed by atoms with Crippen LogP contribution in [0.25, 0.3) is 5.69 Å². The molecule has 0 aliphatic carbocycles. The zero-order valence-electron chi connectivity index (χ0n) is 11.6. The molecule has 0 saturated carbocycles. The van der Waals surface area contributed by atoms with Gasteiger partial charge in [0.2, 0.25) is 0 Å². The minimum Gasteiger partial charge on any atom is -0.377 e. The van der Waals surface area contributed by atoms with Crippen LogP contribution in [0.1, 0.15) is 18.5 Å². The van der Waals surface area contributed by atoms with Crippen molar-refractivity contribution in [3.8, 4) is 5.69 Å². The molecule has 0 amide bonds. The van der Waals surface area contributed by atoms with Crippen molar-refractivity contribution < 1.29 is 4.39 Å². The molecule has 0 fully saturated rings. The Kier molecular flexibility index (Phi) is 3.64. The van der Waals surface area contributed by atoms with Crippen molar-refractivity contribution in [1.82, 2.24) is 14.8 Å². The van der Waals surface area contributed by atoms with E-state index in [1.165, 1.54) is 18.5 Å². The van der Waals surface area contributed by atoms with Crippen LogP contribution in [-0.2, 0) is 0 Å². The lowest BCUT2D eigenvalue weighted by Gasteiger charge is -2.18. The van der Waals surface area contributed by atoms with Crippen LogP contribution in [0.3, 0.4) is 0 Å². The van der Waals surface area contributed by atoms with Crippen LogP contribution in [0.2, 0.25) is 0 Å². The molecule has 1 N–H and O–H groups in total. The maximum atomic E-state index is 13.0. The average Bonchev–Trinajstić information content (AvgIpc) is 3.02. The average molecular weight is 282 g/mol. The fraction of sp³-hybridized carbons (Fsp3) is 0.125. The summed E-state index contributed by atoms with van der Waals surface area (Å²) in [4.78, 5) is 3.97. The molecule has 3 rings (SSSR count). The monoisotopic (exact) mass is 282 g/mol. The highest BCUT2D eigenvalue weighted by atomic mass is 19.1. The summed E-state index contributed by atoms with van der Waals surface area (Å²) < 4.78 is 14.7. The van der Waals surface area contributed by atoms with Gasteiger partial charge in [0.05, 0.1) is 11.4 Å². The molecule has 21 heavy (non-hydrogen) atoms. The first-order valence-corrected chi connectivity index (χ1v) is 6.70. The van der Waals surface area contributed by atoms with Gasteiger partial charge in [-0.05, 0) is 36.8 Å². The SMILES string of the molecule is CC(Nc1ccccc1-n1cncn1)c1ccc(F)cc1. The highest BCUT2D eigenvalue weighted by Gasteiger charge is 2.09. The molecule has 0 saturated heterocycles. The van der Waals surface area contributed by atoms with E-state index in [0.29, 0.717) is 0 Å². The van der Waals surface area contributed by atoms with Gasteiger partial charge in [0.25, 0.3) is 0 Å². The molecule has 0 aliphatic heterocycles. The van der Waals surface area contributed by atoms with E-state index in [2.05, 4.69) is 15.4 Å². The van der Waals surface area contributed by atoms with Gasteiger partial charge in [-0.25, -0.2) is 14.1 Å². The largest absolute Gasteiger partial charge is 0.377 e. The van der Waals surface area contributed by atoms with E-state index >= 15 is 0 Å². The van der Waals surface area contributed by atoms with Gasteiger partial charge in [0.15, 0.2) is 0 Å². The van der Waals surface area contributed by atoms with Crippen molar-refractivity contribution in [1.29, 1.82) is 0 Å². The first kappa shape index (κ1) is 13.3. The number of benzene rings is 2. The molecule has 0 radical (unpaired) electrons. The van der Waals surface area contributed by atoms with E-state index in [4.69, 9.17) is 0 Å². The van der Waals surface area contributed by atoms with Crippen molar-refractivity contribution in [2.24, 2.45) is 0 Å². The third-order valence-corrected chi connectivity index (χ3v) is 3.31. The molecule has 3 aromatic rings. The van der Waals surface area contributed by atoms with Crippen LogP contribution in [0.4, 0.5) is 10.1 Å². The molecule has 1 unspecified atom stereocenters. The van der Waals surface area contributed by atoms with Crippen LogP contribution < -0.4 is 5.32 Å². The van der Waals surface area contributed by atoms with Crippen LogP contribution in [0, 0.1) is 5.82 Å². The number of nitrogens with one attached hydrogen (secondary N) is 1. The fourth-order valence-electron chi connectivity index (χ4n) is 2.20. The number of nitrogens with zero attached hydrogens (tertiary/aromatic N) is 3. The summed E-state index contributed by atoms with van der Waals surface area (Å²) in [5.74, 6) is -0.228. The maximum Gasteiger partial charge on any atom is 0.138 e. The number of hydrogen-bond acceptors (Lipinski definition) is 3. The summed E-state index contributed by atoms with van der Waals surface area (Å²) in [6.45, 7) is 2.03. The third kappa shape index (κ3) is 2.91. The Bertz CT molecular complexity index is 707. The zero-order valence-corrected chi connectivity index (χ0v) is 11.6. The lowest BCUT2D eigenvalue weighted by Crippen LogP contribution is -2.09. The second kappa shape index (κ2) is 5.75. The van der Waals surface area contributed by atoms with Crippen LogP contribution in [-0.4, -0.2) is 14.8 Å². The zero-order chi connectivity index (χ0) is 14.7. The topological polar surface area (TPSA) is 42.7 Å². The van der Waals surface area contributed by atoms with Gasteiger partial charge in [0, 0.05) is 6.04 Å². The molecule has 1 aromatic heterocycles. The quantitative estimate of drug-likeness (QED) is 0.795. The fourth-order valence-corrected chi connectivity index (χ4v) is 2.20. The van der Waals surface area contributed by atoms with Gasteiger partial charge in [-0.2, -0.15) is 5.10 Å². The Morgan fingerprint density at radius 2 is 1.86 bits per heavy atom. The summed E-state index contributed by atoms with van der Waals surface area (Å²) >= 11 is 0. The molecule has 0 aliphatic rings. The molecular weight excluding hydrogens is 267 g/mol. The van der Waals surface area contributed by atoms with Gasteiger partial charge in [-0.15, -0.1) is 0 Å². The summed E-state index contributed by atoms with van der Waals surface area (Å²) in [6.07, 6.45) is 3.16. The predicted molar refractivity (Wildman–Crippen MR) is 79.8 cm³/mol. The molecule has 2 aromatic carbocycles. The Balaban J connectivity index is 1.86. The van der Waals surface area contributed by atoms with E-state index in [9.17, 15) is 4.39 Å². The van der Waals surface area contributed by atoms with Gasteiger partial charge in [-0.1, -0.05) is 24.3 Å². The van der Waals surface area contributed by atoms with Crippen molar-refractivity contribution in [2.75, 3.05) is 5.32 Å². The Labute approximate surface area is 122 Å². The number of halogens is 1. The number of anilines is 1. The van der Waals surface area contributed by atoms with Crippen LogP contribution in [0.15, 0.2) is 61.2 Å². The molecule has 0 spiro atoms. The lowest BCUT2D eigenvalue weighted by atomic mass is 10.1. The van der Waals surface area contributed by atoms with Crippen molar-refractivity contribution in [3.05, 3.63) is 72.6 Å². The molecule has 5 heteroatoms. The van der Waals surface area contributed by atoms with E-state index in [1.54, 1.807) is 23.1 Å². The van der Waals surface area contributed by atoms with E-state index < -0.39 is 0 Å². The Morgan fingerprint density at radius 3 is 2.57 bits per heavy atom. The maximum absolute atomic E-state index is 13.0. The van der Waals surface area contributed by atoms with Crippen LogP contribution in [0.5, 0.6) is 0 Å². The van der Waals surface area contributed by atoms with Gasteiger partial charge in [0.1, 0.15) is 18.5 Å². The lowest BCUT2D eigenvalue weighted by molar-refractivity contribution is 0.626. The minimum atomic E-state index is -0.228. The summed E-state index contributed by atoms with van der Waals surface area (Å²) in [7, 11) is 0. The second-order valence-electron chi connectivity index (χ2n) is 4.77. The van der Waals surface area contributed by atoms with Gasteiger partial charge in [-0.3, -0.25) is 0 Å². The number of para-hydroxylation sites is 2. The van der Waals surface area contributed by atoms with Gasteiger partial charge >= 0.3 is 0 Å². The van der Waals surface area contributed by atoms with E-state index in [0.717, 1.165) is 16.9 Å². The Morgan fingerprint density at radius 1 is 1.10 bits per heavy atom.